The van der Waals surface area contributed by atoms with Crippen molar-refractivity contribution in [1.29, 1.82) is 0 Å². The molecule has 1 saturated heterocycles. The first kappa shape index (κ1) is 21.7. The minimum absolute atomic E-state index is 0.00807. The van der Waals surface area contributed by atoms with Gasteiger partial charge in [-0.15, -0.1) is 11.3 Å². The summed E-state index contributed by atoms with van der Waals surface area (Å²) in [7, 11) is 1.66. The van der Waals surface area contributed by atoms with E-state index in [2.05, 4.69) is 20.2 Å². The number of nitrogens with zero attached hydrogens (tertiary/aromatic N) is 4. The van der Waals surface area contributed by atoms with Crippen LogP contribution in [0, 0.1) is 5.92 Å². The number of carbonyl (C=O) groups excluding carboxylic acids is 3. The molecule has 1 fully saturated rings. The highest BCUT2D eigenvalue weighted by Crippen LogP contribution is 2.28. The maximum Gasteiger partial charge on any atom is 0.269 e. The van der Waals surface area contributed by atoms with Crippen molar-refractivity contribution in [3.05, 3.63) is 47.5 Å². The van der Waals surface area contributed by atoms with Gasteiger partial charge in [0.2, 0.25) is 11.8 Å². The molecule has 2 aromatic rings. The van der Waals surface area contributed by atoms with E-state index in [1.807, 2.05) is 29.2 Å². The molecule has 0 spiro atoms. The summed E-state index contributed by atoms with van der Waals surface area (Å²) >= 11 is 1.26. The Hall–Kier alpha value is -3.53. The molecule has 2 aliphatic rings. The van der Waals surface area contributed by atoms with Gasteiger partial charge in [-0.3, -0.25) is 14.4 Å². The van der Waals surface area contributed by atoms with Crippen LogP contribution in [-0.2, 0) is 20.8 Å². The third kappa shape index (κ3) is 5.02. The second-order valence-corrected chi connectivity index (χ2v) is 8.21. The van der Waals surface area contributed by atoms with Gasteiger partial charge in [0.05, 0.1) is 30.8 Å². The van der Waals surface area contributed by atoms with Gasteiger partial charge in [-0.1, -0.05) is 18.2 Å². The smallest absolute Gasteiger partial charge is 0.269 e. The molecule has 0 aliphatic carbocycles. The monoisotopic (exact) mass is 453 g/mol. The number of anilines is 2. The van der Waals surface area contributed by atoms with Crippen LogP contribution in [0.1, 0.15) is 5.69 Å². The second-order valence-electron chi connectivity index (χ2n) is 7.35. The predicted octanol–water partition coefficient (Wildman–Crippen LogP) is 1.76. The van der Waals surface area contributed by atoms with Crippen molar-refractivity contribution < 1.29 is 19.1 Å². The van der Waals surface area contributed by atoms with Gasteiger partial charge in [0.1, 0.15) is 5.75 Å². The van der Waals surface area contributed by atoms with Gasteiger partial charge >= 0.3 is 0 Å². The fourth-order valence-electron chi connectivity index (χ4n) is 3.58. The van der Waals surface area contributed by atoms with Crippen LogP contribution in [0.3, 0.4) is 0 Å². The first-order valence-electron chi connectivity index (χ1n) is 10.2. The number of dihydropyridines is 1. The van der Waals surface area contributed by atoms with Crippen molar-refractivity contribution in [2.24, 2.45) is 10.9 Å². The number of rotatable bonds is 6. The lowest BCUT2D eigenvalue weighted by molar-refractivity contribution is -0.130. The van der Waals surface area contributed by atoms with E-state index in [-0.39, 0.29) is 24.1 Å². The van der Waals surface area contributed by atoms with E-state index < -0.39 is 5.92 Å². The first-order chi connectivity index (χ1) is 15.5. The predicted molar refractivity (Wildman–Crippen MR) is 122 cm³/mol. The topological polar surface area (TPSA) is 104 Å². The van der Waals surface area contributed by atoms with Gasteiger partial charge in [0.15, 0.2) is 5.13 Å². The minimum atomic E-state index is -0.610. The lowest BCUT2D eigenvalue weighted by Gasteiger charge is -2.36. The van der Waals surface area contributed by atoms with E-state index in [4.69, 9.17) is 4.74 Å². The minimum Gasteiger partial charge on any atom is -0.495 e. The highest BCUT2D eigenvalue weighted by molar-refractivity contribution is 7.14. The summed E-state index contributed by atoms with van der Waals surface area (Å²) in [6.07, 6.45) is 4.25. The van der Waals surface area contributed by atoms with E-state index >= 15 is 0 Å². The van der Waals surface area contributed by atoms with Crippen molar-refractivity contribution >= 4 is 46.1 Å². The number of nitrogens with one attached hydrogen (secondary N) is 1. The SMILES string of the molecule is COc1ccccc1N1CCN(C(=O)Cc2csc(NC(=O)C3C=CC(=O)N=C3)n2)CC1. The van der Waals surface area contributed by atoms with Gasteiger partial charge in [-0.2, -0.15) is 0 Å². The summed E-state index contributed by atoms with van der Waals surface area (Å²) in [5.41, 5.74) is 1.65. The summed E-state index contributed by atoms with van der Waals surface area (Å²) in [5, 5.41) is 4.89. The Morgan fingerprint density at radius 1 is 1.22 bits per heavy atom. The molecule has 10 heteroatoms. The number of aromatic nitrogens is 1. The van der Waals surface area contributed by atoms with E-state index in [9.17, 15) is 14.4 Å². The third-order valence-electron chi connectivity index (χ3n) is 5.28. The Kier molecular flexibility index (Phi) is 6.60. The number of methoxy groups -OCH3 is 1. The lowest BCUT2D eigenvalue weighted by atomic mass is 10.1. The summed E-state index contributed by atoms with van der Waals surface area (Å²) in [4.78, 5) is 48.1. The Morgan fingerprint density at radius 3 is 2.72 bits per heavy atom. The van der Waals surface area contributed by atoms with Gasteiger partial charge in [0.25, 0.3) is 5.91 Å². The summed E-state index contributed by atoms with van der Waals surface area (Å²) in [6, 6.07) is 7.87. The molecule has 1 N–H and O–H groups in total. The van der Waals surface area contributed by atoms with Crippen LogP contribution < -0.4 is 15.0 Å². The summed E-state index contributed by atoms with van der Waals surface area (Å²) in [5.74, 6) is -0.481. The van der Waals surface area contributed by atoms with E-state index in [0.29, 0.717) is 23.9 Å². The van der Waals surface area contributed by atoms with Crippen molar-refractivity contribution in [3.63, 3.8) is 0 Å². The maximum absolute atomic E-state index is 12.7. The molecular weight excluding hydrogens is 430 g/mol. The number of hydrogen-bond acceptors (Lipinski definition) is 7. The largest absolute Gasteiger partial charge is 0.495 e. The number of para-hydroxylation sites is 2. The fourth-order valence-corrected chi connectivity index (χ4v) is 4.29. The molecule has 1 unspecified atom stereocenters. The maximum atomic E-state index is 12.7. The average molecular weight is 454 g/mol. The second kappa shape index (κ2) is 9.73. The zero-order valence-corrected chi connectivity index (χ0v) is 18.4. The van der Waals surface area contributed by atoms with Crippen LogP contribution in [0.2, 0.25) is 0 Å². The van der Waals surface area contributed by atoms with Crippen molar-refractivity contribution in [1.82, 2.24) is 9.88 Å². The van der Waals surface area contributed by atoms with Crippen LogP contribution >= 0.6 is 11.3 Å². The molecule has 9 nitrogen and oxygen atoms in total. The molecule has 4 rings (SSSR count). The highest BCUT2D eigenvalue weighted by atomic mass is 32.1. The zero-order chi connectivity index (χ0) is 22.5. The van der Waals surface area contributed by atoms with E-state index in [0.717, 1.165) is 24.5 Å². The van der Waals surface area contributed by atoms with Crippen LogP contribution in [-0.4, -0.2) is 67.1 Å². The molecule has 32 heavy (non-hydrogen) atoms. The van der Waals surface area contributed by atoms with Crippen LogP contribution in [0.15, 0.2) is 46.8 Å². The van der Waals surface area contributed by atoms with Gasteiger partial charge < -0.3 is 19.9 Å². The average Bonchev–Trinajstić information content (AvgIpc) is 3.26. The molecule has 2 aliphatic heterocycles. The molecule has 0 radical (unpaired) electrons. The van der Waals surface area contributed by atoms with Crippen molar-refractivity contribution in [2.75, 3.05) is 43.5 Å². The fraction of sp³-hybridized carbons (Fsp3) is 0.318. The molecular formula is C22H23N5O4S. The first-order valence-corrected chi connectivity index (χ1v) is 11.1. The van der Waals surface area contributed by atoms with Crippen molar-refractivity contribution in [3.8, 4) is 5.75 Å². The lowest BCUT2D eigenvalue weighted by Crippen LogP contribution is -2.49. The molecule has 3 amide bonds. The van der Waals surface area contributed by atoms with Crippen LogP contribution in [0.5, 0.6) is 5.75 Å². The Morgan fingerprint density at radius 2 is 2.00 bits per heavy atom. The molecule has 166 valence electrons. The van der Waals surface area contributed by atoms with Gasteiger partial charge in [-0.05, 0) is 12.1 Å². The van der Waals surface area contributed by atoms with Crippen LogP contribution in [0.4, 0.5) is 10.8 Å². The number of carbonyl (C=O) groups is 3. The number of benzene rings is 1. The third-order valence-corrected chi connectivity index (χ3v) is 6.09. The van der Waals surface area contributed by atoms with E-state index in [1.165, 1.54) is 29.7 Å². The molecule has 3 heterocycles. The molecule has 0 saturated carbocycles. The van der Waals surface area contributed by atoms with Crippen molar-refractivity contribution in [2.45, 2.75) is 6.42 Å². The number of hydrogen-bond donors (Lipinski definition) is 1. The zero-order valence-electron chi connectivity index (χ0n) is 17.6. The molecule has 1 aromatic heterocycles. The Balaban J connectivity index is 1.28. The number of thiazole rings is 1. The Bertz CT molecular complexity index is 1060. The summed E-state index contributed by atoms with van der Waals surface area (Å²) < 4.78 is 5.44. The quantitative estimate of drug-likeness (QED) is 0.715. The molecule has 1 atom stereocenters. The molecule has 0 bridgehead atoms. The van der Waals surface area contributed by atoms with Gasteiger partial charge in [-0.25, -0.2) is 9.98 Å². The number of piperazine rings is 1. The summed E-state index contributed by atoms with van der Waals surface area (Å²) in [6.45, 7) is 2.69. The standard InChI is InChI=1S/C22H23N5O4S/c1-31-18-5-3-2-4-17(18)26-8-10-27(11-9-26)20(29)12-16-14-32-22(24-16)25-21(30)15-6-7-19(28)23-13-15/h2-7,13-15H,8-12H2,1H3,(H,24,25,30). The Labute approximate surface area is 189 Å². The number of ether oxygens (including phenoxy) is 1. The van der Waals surface area contributed by atoms with E-state index in [1.54, 1.807) is 12.5 Å². The molecule has 1 aromatic carbocycles. The number of aliphatic imine (C=N–C) groups is 1. The van der Waals surface area contributed by atoms with Crippen LogP contribution in [0.25, 0.3) is 0 Å². The highest BCUT2D eigenvalue weighted by Gasteiger charge is 2.24. The van der Waals surface area contributed by atoms with Gasteiger partial charge in [0, 0.05) is 43.8 Å². The normalized spacial score (nSPS) is 18.0. The number of amides is 3.